The monoisotopic (exact) mass is 480 g/mol. The summed E-state index contributed by atoms with van der Waals surface area (Å²) in [5.74, 6) is 0.655. The molecular weight excluding hydrogens is 455 g/mol. The zero-order valence-corrected chi connectivity index (χ0v) is 17.7. The predicted octanol–water partition coefficient (Wildman–Crippen LogP) is 2.63. The van der Waals surface area contributed by atoms with Gasteiger partial charge in [0.1, 0.15) is 0 Å². The number of hydrogen-bond acceptors (Lipinski definition) is 3. The lowest BCUT2D eigenvalue weighted by atomic mass is 10.2. The minimum atomic E-state index is -0.303. The molecule has 1 aliphatic heterocycles. The molecular formula is C17H26ClIN4O2. The highest BCUT2D eigenvalue weighted by molar-refractivity contribution is 14.0. The number of nitrogens with one attached hydrogen (secondary N) is 2. The van der Waals surface area contributed by atoms with Crippen molar-refractivity contribution in [2.45, 2.75) is 32.8 Å². The Balaban J connectivity index is 0.00000312. The number of aliphatic hydroxyl groups excluding tert-OH is 1. The van der Waals surface area contributed by atoms with Gasteiger partial charge < -0.3 is 20.6 Å². The second-order valence-electron chi connectivity index (χ2n) is 5.83. The number of β-amino-alcohol motifs (C(OH)–C–C–N with tert-alkyl or cyclic N) is 1. The van der Waals surface area contributed by atoms with Gasteiger partial charge in [-0.3, -0.25) is 9.79 Å². The number of amides is 1. The Labute approximate surface area is 171 Å². The lowest BCUT2D eigenvalue weighted by molar-refractivity contribution is -0.116. The molecule has 2 rings (SSSR count). The molecule has 0 radical (unpaired) electrons. The molecule has 8 heteroatoms. The molecule has 1 fully saturated rings. The standard InChI is InChI=1S/C17H25ClN4O2.HI/c1-3-19-17(22-10-8-13(23)11-22)20-9-7-16(24)21-15-6-4-5-14(18)12(15)2;/h4-6,13,23H,3,7-11H2,1-2H3,(H,19,20)(H,21,24);1H/t13-;/m1./s1. The molecule has 25 heavy (non-hydrogen) atoms. The van der Waals surface area contributed by atoms with Crippen molar-refractivity contribution >= 4 is 53.1 Å². The molecule has 0 bridgehead atoms. The van der Waals surface area contributed by atoms with E-state index in [9.17, 15) is 9.90 Å². The van der Waals surface area contributed by atoms with E-state index in [0.717, 1.165) is 36.7 Å². The highest BCUT2D eigenvalue weighted by Crippen LogP contribution is 2.22. The quantitative estimate of drug-likeness (QED) is 0.344. The maximum absolute atomic E-state index is 12.1. The van der Waals surface area contributed by atoms with E-state index in [-0.39, 0.29) is 42.4 Å². The first-order valence-corrected chi connectivity index (χ1v) is 8.65. The maximum atomic E-state index is 12.1. The Morgan fingerprint density at radius 1 is 1.48 bits per heavy atom. The first-order chi connectivity index (χ1) is 11.5. The number of guanidine groups is 1. The summed E-state index contributed by atoms with van der Waals surface area (Å²) in [7, 11) is 0. The lowest BCUT2D eigenvalue weighted by Gasteiger charge is -2.20. The van der Waals surface area contributed by atoms with Crippen LogP contribution in [0.1, 0.15) is 25.3 Å². The highest BCUT2D eigenvalue weighted by Gasteiger charge is 2.22. The average molecular weight is 481 g/mol. The van der Waals surface area contributed by atoms with Crippen LogP contribution >= 0.6 is 35.6 Å². The molecule has 1 aromatic rings. The van der Waals surface area contributed by atoms with Crippen molar-refractivity contribution in [3.05, 3.63) is 28.8 Å². The van der Waals surface area contributed by atoms with Crippen LogP contribution < -0.4 is 10.6 Å². The fraction of sp³-hybridized carbons (Fsp3) is 0.529. The maximum Gasteiger partial charge on any atom is 0.226 e. The van der Waals surface area contributed by atoms with E-state index >= 15 is 0 Å². The zero-order valence-electron chi connectivity index (χ0n) is 14.6. The SMILES string of the molecule is CCNC(=NCCC(=O)Nc1cccc(Cl)c1C)N1CC[C@@H](O)C1.I. The van der Waals surface area contributed by atoms with Crippen LogP contribution in [0.15, 0.2) is 23.2 Å². The predicted molar refractivity (Wildman–Crippen MR) is 113 cm³/mol. The number of likely N-dealkylation sites (tertiary alicyclic amines) is 1. The smallest absolute Gasteiger partial charge is 0.226 e. The van der Waals surface area contributed by atoms with Gasteiger partial charge in [0.05, 0.1) is 12.6 Å². The van der Waals surface area contributed by atoms with Crippen LogP contribution in [-0.2, 0) is 4.79 Å². The molecule has 0 saturated carbocycles. The Hall–Kier alpha value is -1.06. The Morgan fingerprint density at radius 3 is 2.88 bits per heavy atom. The summed E-state index contributed by atoms with van der Waals surface area (Å²) in [4.78, 5) is 18.6. The second-order valence-corrected chi connectivity index (χ2v) is 6.24. The third-order valence-corrected chi connectivity index (χ3v) is 4.35. The zero-order chi connectivity index (χ0) is 17.5. The second kappa shape index (κ2) is 10.8. The molecule has 0 spiro atoms. The Kier molecular flexibility index (Phi) is 9.52. The van der Waals surface area contributed by atoms with Gasteiger partial charge in [0.25, 0.3) is 0 Å². The van der Waals surface area contributed by atoms with Crippen molar-refractivity contribution in [2.24, 2.45) is 4.99 Å². The normalized spacial score (nSPS) is 17.2. The van der Waals surface area contributed by atoms with Crippen molar-refractivity contribution in [1.82, 2.24) is 10.2 Å². The molecule has 1 amide bonds. The molecule has 1 saturated heterocycles. The van der Waals surface area contributed by atoms with Crippen molar-refractivity contribution in [1.29, 1.82) is 0 Å². The topological polar surface area (TPSA) is 77.0 Å². The fourth-order valence-electron chi connectivity index (χ4n) is 2.58. The number of nitrogens with zero attached hydrogens (tertiary/aromatic N) is 2. The van der Waals surface area contributed by atoms with Crippen LogP contribution in [0.4, 0.5) is 5.69 Å². The number of anilines is 1. The van der Waals surface area contributed by atoms with E-state index < -0.39 is 0 Å². The van der Waals surface area contributed by atoms with Crippen LogP contribution in [0.5, 0.6) is 0 Å². The summed E-state index contributed by atoms with van der Waals surface area (Å²) < 4.78 is 0. The number of rotatable bonds is 5. The number of carbonyl (C=O) groups is 1. The average Bonchev–Trinajstić information content (AvgIpc) is 2.97. The van der Waals surface area contributed by atoms with Gasteiger partial charge in [0, 0.05) is 36.8 Å². The molecule has 140 valence electrons. The molecule has 1 heterocycles. The van der Waals surface area contributed by atoms with Crippen LogP contribution in [0.25, 0.3) is 0 Å². The van der Waals surface area contributed by atoms with Crippen molar-refractivity contribution < 1.29 is 9.90 Å². The molecule has 1 aliphatic rings. The first kappa shape index (κ1) is 22.0. The first-order valence-electron chi connectivity index (χ1n) is 8.27. The van der Waals surface area contributed by atoms with Gasteiger partial charge in [-0.2, -0.15) is 0 Å². The minimum Gasteiger partial charge on any atom is -0.391 e. The van der Waals surface area contributed by atoms with Gasteiger partial charge in [-0.05, 0) is 38.0 Å². The number of hydrogen-bond donors (Lipinski definition) is 3. The van der Waals surface area contributed by atoms with Crippen LogP contribution in [0, 0.1) is 6.92 Å². The molecule has 3 N–H and O–H groups in total. The summed E-state index contributed by atoms with van der Waals surface area (Å²) in [5.41, 5.74) is 1.58. The van der Waals surface area contributed by atoms with E-state index in [2.05, 4.69) is 15.6 Å². The number of benzene rings is 1. The number of aliphatic imine (C=N–C) groups is 1. The van der Waals surface area contributed by atoms with Gasteiger partial charge in [0.15, 0.2) is 5.96 Å². The minimum absolute atomic E-state index is 0. The van der Waals surface area contributed by atoms with Crippen molar-refractivity contribution in [2.75, 3.05) is 31.5 Å². The van der Waals surface area contributed by atoms with Gasteiger partial charge >= 0.3 is 0 Å². The summed E-state index contributed by atoms with van der Waals surface area (Å²) in [6, 6.07) is 5.44. The lowest BCUT2D eigenvalue weighted by Crippen LogP contribution is -2.40. The van der Waals surface area contributed by atoms with Crippen LogP contribution in [-0.4, -0.2) is 54.2 Å². The number of aliphatic hydroxyl groups is 1. The summed E-state index contributed by atoms with van der Waals surface area (Å²) in [5, 5.41) is 16.3. The van der Waals surface area contributed by atoms with Gasteiger partial charge in [0.2, 0.25) is 5.91 Å². The van der Waals surface area contributed by atoms with Gasteiger partial charge in [-0.25, -0.2) is 0 Å². The molecule has 1 aromatic carbocycles. The Bertz CT molecular complexity index is 612. The van der Waals surface area contributed by atoms with Gasteiger partial charge in [-0.1, -0.05) is 17.7 Å². The summed E-state index contributed by atoms with van der Waals surface area (Å²) in [6.45, 7) is 6.37. The third kappa shape index (κ3) is 6.63. The third-order valence-electron chi connectivity index (χ3n) is 3.94. The van der Waals surface area contributed by atoms with E-state index in [1.165, 1.54) is 0 Å². The molecule has 6 nitrogen and oxygen atoms in total. The largest absolute Gasteiger partial charge is 0.391 e. The fourth-order valence-corrected chi connectivity index (χ4v) is 2.75. The van der Waals surface area contributed by atoms with Crippen molar-refractivity contribution in [3.8, 4) is 0 Å². The van der Waals surface area contributed by atoms with Crippen LogP contribution in [0.3, 0.4) is 0 Å². The number of carbonyl (C=O) groups excluding carboxylic acids is 1. The van der Waals surface area contributed by atoms with E-state index in [1.807, 2.05) is 30.9 Å². The summed E-state index contributed by atoms with van der Waals surface area (Å²) >= 11 is 6.06. The van der Waals surface area contributed by atoms with Gasteiger partial charge in [-0.15, -0.1) is 24.0 Å². The molecule has 0 unspecified atom stereocenters. The summed E-state index contributed by atoms with van der Waals surface area (Å²) in [6.07, 6.45) is 0.735. The molecule has 0 aromatic heterocycles. The molecule has 0 aliphatic carbocycles. The van der Waals surface area contributed by atoms with Crippen molar-refractivity contribution in [3.63, 3.8) is 0 Å². The van der Waals surface area contributed by atoms with E-state index in [4.69, 9.17) is 11.6 Å². The molecule has 1 atom stereocenters. The van der Waals surface area contributed by atoms with E-state index in [0.29, 0.717) is 18.1 Å². The van der Waals surface area contributed by atoms with E-state index in [1.54, 1.807) is 6.07 Å². The Morgan fingerprint density at radius 2 is 2.24 bits per heavy atom. The van der Waals surface area contributed by atoms with Crippen LogP contribution in [0.2, 0.25) is 5.02 Å². The highest BCUT2D eigenvalue weighted by atomic mass is 127. The number of halogens is 2.